The maximum absolute atomic E-state index is 12.3. The second kappa shape index (κ2) is 61.4. The molecule has 0 saturated carbocycles. The molecule has 0 aliphatic heterocycles. The fraction of sp³-hybridized carbons (Fsp3) is 0.261. The number of nitrogens with two attached hydrogens (primary N) is 1. The van der Waals surface area contributed by atoms with Crippen LogP contribution in [0.4, 0.5) is 53.8 Å². The predicted octanol–water partition coefficient (Wildman–Crippen LogP) is 7.07. The van der Waals surface area contributed by atoms with Gasteiger partial charge in [0.1, 0.15) is 32.1 Å². The van der Waals surface area contributed by atoms with Gasteiger partial charge in [0.2, 0.25) is 0 Å². The molecule has 0 radical (unpaired) electrons. The standard InChI is InChI=1S/C15H18ClNO4S.C12H16ClNO4S.C10H10ClNO2S.C7H6ClNO4S.C7H8ClNO2S.C7H6ClNO2S.C6H3ClFNO2.C3H3Br.CH2O3.CH4S.2Cs.Na.H/c1-6-9-17(14(18)21-15(2,3)4)13-8-7-11(10-12(13)16)22(5,19)20;1-12(2,3)18-11(15)14-10-6-5-8(7-9(10)13)19(4,16)17;1-3-6-12-10-5-4-8(7-9(10)11)15(2,13)14;1-14(12,13)5-2-3-7(9(10)11)6(8)4-5;1-12(10,11)5-2-3-7(9)6(8)4-5;1-12-5-2-3-7(9(10)11)6(8)4-5;7-5-3-4(8)1-2-6(5)9(10)11;1-2-3-4;2-1-4-3;1-2;;;;/h1,7-8,10H,9H2,2-5H3;5-7H,1-4H3,(H,14,15);1,4-5,7,12H,6H2,2H3;2-4H,1H3;2-4H,9H2,1H3;2-4H,1H3;1-3H;1H,3H2;1,3H;2H,1H3;;;;/q;;;;;;;;;;3*+1;-1/p-2. The summed E-state index contributed by atoms with van der Waals surface area (Å²) in [5, 5.41) is 45.9. The molecule has 0 aliphatic carbocycles. The van der Waals surface area contributed by atoms with Crippen LogP contribution in [0.15, 0.2) is 157 Å². The number of terminal acetylenes is 3. The number of rotatable bonds is 15. The molecule has 118 heavy (non-hydrogen) atoms. The number of nitrogens with one attached hydrogen (secondary N) is 2. The number of thioether (sulfide) groups is 1. The molecule has 4 N–H and O–H groups in total. The topological polar surface area (TPSA) is 455 Å². The molecule has 2 amide bonds. The van der Waals surface area contributed by atoms with Gasteiger partial charge >= 0.3 is 180 Å². The number of benzene rings is 7. The Morgan fingerprint density at radius 1 is 0.559 bits per heavy atom. The summed E-state index contributed by atoms with van der Waals surface area (Å²) in [7, 11) is -16.5. The molecule has 0 aliphatic rings. The number of carbonyl (C=O) groups is 3. The van der Waals surface area contributed by atoms with Gasteiger partial charge in [-0.1, -0.05) is 115 Å². The summed E-state index contributed by atoms with van der Waals surface area (Å²) in [6, 6.07) is 27.7. The zero-order chi connectivity index (χ0) is 90.1. The number of halogens is 9. The van der Waals surface area contributed by atoms with E-state index in [9.17, 15) is 86.4 Å². The fourth-order valence-electron chi connectivity index (χ4n) is 6.85. The van der Waals surface area contributed by atoms with Crippen LogP contribution >= 0.6 is 109 Å². The Balaban J connectivity index is -0.000000242. The van der Waals surface area contributed by atoms with Crippen molar-refractivity contribution in [1.82, 2.24) is 0 Å². The first-order valence-electron chi connectivity index (χ1n) is 30.4. The maximum atomic E-state index is 12.3. The second-order valence-corrected chi connectivity index (χ2v) is 37.6. The number of sulfone groups is 5. The van der Waals surface area contributed by atoms with Crippen LogP contribution in [-0.4, -0.2) is 149 Å². The van der Waals surface area contributed by atoms with E-state index in [2.05, 4.69) is 61.8 Å². The minimum atomic E-state index is -3.39. The van der Waals surface area contributed by atoms with E-state index >= 15 is 0 Å². The summed E-state index contributed by atoms with van der Waals surface area (Å²) < 4.78 is 135. The van der Waals surface area contributed by atoms with Gasteiger partial charge in [0.05, 0.1) is 101 Å². The molecule has 0 atom stereocenters. The smallest absolute Gasteiger partial charge is 1.00 e. The Bertz CT molecular complexity index is 5300. The second-order valence-electron chi connectivity index (χ2n) is 23.2. The van der Waals surface area contributed by atoms with E-state index in [0.717, 1.165) is 72.6 Å². The first-order chi connectivity index (χ1) is 52.7. The monoisotopic (exact) mass is 2220 g/mol. The fourth-order valence-corrected chi connectivity index (χ4v) is 12.6. The molecule has 49 heteroatoms. The third kappa shape index (κ3) is 53.3. The molecule has 632 valence electrons. The van der Waals surface area contributed by atoms with Gasteiger partial charge in [-0.15, -0.1) is 31.0 Å². The molecule has 7 rings (SSSR count). The molecule has 7 aromatic carbocycles. The number of ether oxygens (including phenoxy) is 2. The number of anilines is 4. The minimum Gasteiger partial charge on any atom is -1.00 e. The Kier molecular flexibility index (Phi) is 65.4. The van der Waals surface area contributed by atoms with Crippen molar-refractivity contribution in [3.63, 3.8) is 0 Å². The van der Waals surface area contributed by atoms with Crippen LogP contribution in [0.5, 0.6) is 0 Å². The minimum absolute atomic E-state index is 0. The average Bonchev–Trinajstić information content (AvgIpc) is 0.809. The summed E-state index contributed by atoms with van der Waals surface area (Å²) in [6.07, 6.45) is 22.7. The number of alkyl halides is 1. The molecule has 0 spiro atoms. The van der Waals surface area contributed by atoms with Crippen molar-refractivity contribution in [2.24, 2.45) is 0 Å². The molecule has 0 unspecified atom stereocenters. The summed E-state index contributed by atoms with van der Waals surface area (Å²) in [5.41, 5.74) is 5.05. The number of nitrogen functional groups attached to an aromatic ring is 1. The van der Waals surface area contributed by atoms with Crippen molar-refractivity contribution >= 4 is 229 Å². The van der Waals surface area contributed by atoms with Crippen LogP contribution in [0, 0.1) is 73.2 Å². The van der Waals surface area contributed by atoms with E-state index in [-0.39, 0.29) is 253 Å². The number of nitro benzene ring substituents is 3. The van der Waals surface area contributed by atoms with Gasteiger partial charge in [0.25, 0.3) is 23.5 Å². The van der Waals surface area contributed by atoms with Crippen LogP contribution < -0.4 is 194 Å². The molecule has 7 aromatic rings. The molecule has 0 bridgehead atoms. The normalized spacial score (nSPS) is 10.3. The summed E-state index contributed by atoms with van der Waals surface area (Å²) in [5.74, 6) is 6.52. The number of carbonyl (C=O) groups excluding carboxylic acids is 3. The third-order valence-electron chi connectivity index (χ3n) is 11.8. The van der Waals surface area contributed by atoms with E-state index in [1.807, 2.05) is 6.26 Å². The molecule has 30 nitrogen and oxygen atoms in total. The molecule has 0 aromatic heterocycles. The average molecular weight is 2230 g/mol. The Morgan fingerprint density at radius 3 is 1.19 bits per heavy atom. The summed E-state index contributed by atoms with van der Waals surface area (Å²) in [6.45, 7) is 10.5. The van der Waals surface area contributed by atoms with Crippen molar-refractivity contribution in [3.8, 4) is 37.0 Å². The largest absolute Gasteiger partial charge is 1.00 e. The molecule has 0 heterocycles. The molecule has 0 saturated heterocycles. The van der Waals surface area contributed by atoms with E-state index in [1.54, 1.807) is 66.0 Å². The summed E-state index contributed by atoms with van der Waals surface area (Å²) >= 11 is 48.6. The van der Waals surface area contributed by atoms with Gasteiger partial charge in [-0.3, -0.25) is 45.4 Å². The van der Waals surface area contributed by atoms with Gasteiger partial charge in [-0.2, -0.15) is 6.26 Å². The zero-order valence-electron chi connectivity index (χ0n) is 66.6. The van der Waals surface area contributed by atoms with Crippen molar-refractivity contribution in [2.45, 2.75) is 82.1 Å². The van der Waals surface area contributed by atoms with Gasteiger partial charge in [0.15, 0.2) is 49.2 Å². The van der Waals surface area contributed by atoms with E-state index in [4.69, 9.17) is 126 Å². The SMILES string of the molecule is C#CCBr.C#CCN(C(=O)OC(C)(C)C)c1ccc(S(C)(=O)=O)cc1Cl.C#CCNc1ccc(S(C)(=O)=O)cc1Cl.CC(C)(C)OC(=O)Nc1ccc(S(C)(=O)=O)cc1Cl.CS(=O)(=O)c1ccc(N)c(Cl)c1.CS(=O)(=O)c1ccc([N+](=O)[O-])c(Cl)c1.CSc1ccc([N+](=O)[O-])c(Cl)c1.C[S-].O=CO[O-].O=[N+]([O-])c1ccc(F)cc1Cl.[Cs+].[Cs+].[H-].[Na+]. The van der Waals surface area contributed by atoms with E-state index < -0.39 is 93.2 Å². The van der Waals surface area contributed by atoms with Crippen LogP contribution in [0.25, 0.3) is 0 Å². The van der Waals surface area contributed by atoms with Crippen molar-refractivity contribution in [2.75, 3.05) is 83.5 Å². The predicted molar refractivity (Wildman–Crippen MR) is 456 cm³/mol. The van der Waals surface area contributed by atoms with Gasteiger partial charge in [0, 0.05) is 54.4 Å². The maximum Gasteiger partial charge on any atom is 1.00 e. The van der Waals surface area contributed by atoms with Crippen molar-refractivity contribution in [3.05, 3.63) is 199 Å². The summed E-state index contributed by atoms with van der Waals surface area (Å²) in [4.78, 5) is 66.6. The number of hydrogen-bond donors (Lipinski definition) is 3. The van der Waals surface area contributed by atoms with Crippen LogP contribution in [0.2, 0.25) is 35.2 Å². The number of amides is 2. The number of nitro groups is 3. The van der Waals surface area contributed by atoms with E-state index in [0.29, 0.717) is 39.6 Å². The Morgan fingerprint density at radius 2 is 0.890 bits per heavy atom. The Hall–Kier alpha value is -3.02. The number of hydrogen-bond acceptors (Lipinski definition) is 27. The van der Waals surface area contributed by atoms with Crippen LogP contribution in [0.1, 0.15) is 43.0 Å². The van der Waals surface area contributed by atoms with Crippen molar-refractivity contribution in [1.29, 1.82) is 0 Å². The molecular weight excluding hydrogens is 2160 g/mol. The van der Waals surface area contributed by atoms with Crippen molar-refractivity contribution < 1.29 is 264 Å². The van der Waals surface area contributed by atoms with Crippen LogP contribution in [-0.2, 0) is 81.0 Å². The van der Waals surface area contributed by atoms with E-state index in [1.165, 1.54) is 89.5 Å². The van der Waals surface area contributed by atoms with Gasteiger partial charge in [-0.05, 0) is 157 Å². The molecule has 0 fully saturated rings. The first kappa shape index (κ1) is 126. The Labute approximate surface area is 879 Å². The third-order valence-corrected chi connectivity index (χ3v) is 20.5. The van der Waals surface area contributed by atoms with Crippen LogP contribution in [0.3, 0.4) is 0 Å². The quantitative estimate of drug-likeness (QED) is 0.00882. The van der Waals surface area contributed by atoms with Gasteiger partial charge < -0.3 is 44.7 Å². The zero-order valence-corrected chi connectivity index (χ0v) is 92.7. The number of nitrogens with zero attached hydrogens (tertiary/aromatic N) is 4. The van der Waals surface area contributed by atoms with Gasteiger partial charge in [-0.25, -0.2) is 56.1 Å². The first-order valence-corrected chi connectivity index (χ1v) is 45.7. The molecular formula is C69H75BrCl7Cs2FN7NaO23S7.